The van der Waals surface area contributed by atoms with Crippen molar-refractivity contribution in [3.63, 3.8) is 0 Å². The highest BCUT2D eigenvalue weighted by atomic mass is 35.5. The fourth-order valence-corrected chi connectivity index (χ4v) is 4.97. The molecule has 1 aromatic rings. The van der Waals surface area contributed by atoms with Gasteiger partial charge in [-0.15, -0.1) is 0 Å². The second-order valence-corrected chi connectivity index (χ2v) is 8.19. The van der Waals surface area contributed by atoms with Crippen LogP contribution in [-0.4, -0.2) is 32.5 Å². The summed E-state index contributed by atoms with van der Waals surface area (Å²) in [5, 5.41) is 0.527. The van der Waals surface area contributed by atoms with Gasteiger partial charge in [0.15, 0.2) is 0 Å². The fourth-order valence-electron chi connectivity index (χ4n) is 2.04. The van der Waals surface area contributed by atoms with Crippen LogP contribution in [0.2, 0.25) is 5.02 Å². The second-order valence-electron chi connectivity index (χ2n) is 4.64. The Morgan fingerprint density at radius 1 is 1.48 bits per heavy atom. The molecule has 3 N–H and O–H groups in total. The van der Waals surface area contributed by atoms with Crippen molar-refractivity contribution in [2.75, 3.05) is 18.8 Å². The molecule has 1 atom stereocenters. The number of nitrogens with one attached hydrogen (secondary N) is 1. The number of sulfonamides is 1. The fraction of sp³-hybridized carbons (Fsp3) is 0.429. The predicted octanol–water partition coefficient (Wildman–Crippen LogP) is 1.82. The molecule has 1 unspecified atom stereocenters. The van der Waals surface area contributed by atoms with Crippen LogP contribution < -0.4 is 10.5 Å². The van der Waals surface area contributed by atoms with Crippen molar-refractivity contribution in [3.05, 3.63) is 28.8 Å². The molecule has 114 valence electrons. The van der Waals surface area contributed by atoms with Crippen molar-refractivity contribution in [2.45, 2.75) is 23.0 Å². The molecule has 0 bridgehead atoms. The molecule has 7 heteroatoms. The van der Waals surface area contributed by atoms with Crippen molar-refractivity contribution in [3.8, 4) is 11.8 Å². The molecule has 1 fully saturated rings. The highest BCUT2D eigenvalue weighted by Gasteiger charge is 2.22. The zero-order valence-electron chi connectivity index (χ0n) is 11.4. The maximum atomic E-state index is 12.3. The number of hydrogen-bond donors (Lipinski definition) is 2. The molecule has 21 heavy (non-hydrogen) atoms. The van der Waals surface area contributed by atoms with E-state index in [2.05, 4.69) is 16.6 Å². The van der Waals surface area contributed by atoms with E-state index in [0.29, 0.717) is 17.4 Å². The minimum Gasteiger partial charge on any atom is -0.320 e. The molecule has 0 aliphatic carbocycles. The molecule has 0 aromatic heterocycles. The summed E-state index contributed by atoms with van der Waals surface area (Å²) in [4.78, 5) is 0.0884. The first-order chi connectivity index (χ1) is 10.0. The van der Waals surface area contributed by atoms with Crippen molar-refractivity contribution >= 4 is 33.4 Å². The van der Waals surface area contributed by atoms with Crippen LogP contribution in [0.3, 0.4) is 0 Å². The Balaban J connectivity index is 2.11. The molecule has 0 saturated carbocycles. The predicted molar refractivity (Wildman–Crippen MR) is 88.1 cm³/mol. The number of benzene rings is 1. The van der Waals surface area contributed by atoms with Gasteiger partial charge in [0, 0.05) is 17.4 Å². The lowest BCUT2D eigenvalue weighted by Gasteiger charge is -2.12. The first-order valence-electron chi connectivity index (χ1n) is 6.62. The average molecular weight is 345 g/mol. The SMILES string of the molecule is NCC#Cc1ccc(S(=O)(=O)NCC2CCCS2)c(Cl)c1. The first-order valence-corrected chi connectivity index (χ1v) is 9.53. The van der Waals surface area contributed by atoms with E-state index in [1.165, 1.54) is 6.07 Å². The molecule has 4 nitrogen and oxygen atoms in total. The molecule has 1 heterocycles. The Bertz CT molecular complexity index is 659. The monoisotopic (exact) mass is 344 g/mol. The van der Waals surface area contributed by atoms with Gasteiger partial charge in [-0.3, -0.25) is 0 Å². The molecule has 2 rings (SSSR count). The van der Waals surface area contributed by atoms with Gasteiger partial charge < -0.3 is 5.73 Å². The van der Waals surface area contributed by atoms with Gasteiger partial charge in [-0.2, -0.15) is 11.8 Å². The van der Waals surface area contributed by atoms with Gasteiger partial charge in [0.05, 0.1) is 11.6 Å². The van der Waals surface area contributed by atoms with Gasteiger partial charge in [0.25, 0.3) is 0 Å². The average Bonchev–Trinajstić information content (AvgIpc) is 2.96. The Morgan fingerprint density at radius 2 is 2.29 bits per heavy atom. The van der Waals surface area contributed by atoms with Crippen LogP contribution >= 0.6 is 23.4 Å². The zero-order chi connectivity index (χ0) is 15.3. The quantitative estimate of drug-likeness (QED) is 0.817. The van der Waals surface area contributed by atoms with Crippen LogP contribution in [0.1, 0.15) is 18.4 Å². The van der Waals surface area contributed by atoms with Gasteiger partial charge in [0.1, 0.15) is 4.90 Å². The van der Waals surface area contributed by atoms with E-state index in [-0.39, 0.29) is 16.5 Å². The van der Waals surface area contributed by atoms with Gasteiger partial charge in [-0.25, -0.2) is 13.1 Å². The zero-order valence-corrected chi connectivity index (χ0v) is 13.8. The largest absolute Gasteiger partial charge is 0.320 e. The summed E-state index contributed by atoms with van der Waals surface area (Å²) in [5.74, 6) is 6.62. The Hall–Kier alpha value is -0.710. The van der Waals surface area contributed by atoms with Crippen molar-refractivity contribution < 1.29 is 8.42 Å². The van der Waals surface area contributed by atoms with Crippen LogP contribution in [0, 0.1) is 11.8 Å². The Morgan fingerprint density at radius 3 is 2.90 bits per heavy atom. The lowest BCUT2D eigenvalue weighted by atomic mass is 10.2. The molecule has 1 aromatic carbocycles. The summed E-state index contributed by atoms with van der Waals surface area (Å²) in [6.07, 6.45) is 2.20. The van der Waals surface area contributed by atoms with Gasteiger partial charge >= 0.3 is 0 Å². The van der Waals surface area contributed by atoms with Crippen LogP contribution in [0.15, 0.2) is 23.1 Å². The lowest BCUT2D eigenvalue weighted by molar-refractivity contribution is 0.579. The number of halogens is 1. The van der Waals surface area contributed by atoms with Crippen LogP contribution in [0.5, 0.6) is 0 Å². The molecule has 1 aliphatic rings. The maximum Gasteiger partial charge on any atom is 0.242 e. The number of rotatable bonds is 4. The van der Waals surface area contributed by atoms with E-state index in [0.717, 1.165) is 18.6 Å². The van der Waals surface area contributed by atoms with Crippen LogP contribution in [0.25, 0.3) is 0 Å². The Kier molecular flexibility index (Phi) is 5.97. The number of hydrogen-bond acceptors (Lipinski definition) is 4. The molecule has 1 saturated heterocycles. The smallest absolute Gasteiger partial charge is 0.242 e. The van der Waals surface area contributed by atoms with Gasteiger partial charge in [-0.1, -0.05) is 23.4 Å². The third-order valence-corrected chi connectivity index (χ3v) is 6.39. The van der Waals surface area contributed by atoms with Crippen molar-refractivity contribution in [2.24, 2.45) is 5.73 Å². The van der Waals surface area contributed by atoms with Gasteiger partial charge in [0.2, 0.25) is 10.0 Å². The topological polar surface area (TPSA) is 72.2 Å². The highest BCUT2D eigenvalue weighted by molar-refractivity contribution is 8.00. The summed E-state index contributed by atoms with van der Waals surface area (Å²) < 4.78 is 27.2. The summed E-state index contributed by atoms with van der Waals surface area (Å²) >= 11 is 7.87. The Labute approximate surface area is 134 Å². The lowest BCUT2D eigenvalue weighted by Crippen LogP contribution is -2.30. The maximum absolute atomic E-state index is 12.3. The number of thioether (sulfide) groups is 1. The summed E-state index contributed by atoms with van der Waals surface area (Å²) in [6.45, 7) is 0.691. The van der Waals surface area contributed by atoms with Crippen molar-refractivity contribution in [1.29, 1.82) is 0 Å². The first kappa shape index (κ1) is 16.7. The minimum absolute atomic E-state index is 0.0884. The van der Waals surface area contributed by atoms with E-state index in [9.17, 15) is 8.42 Å². The molecule has 0 amide bonds. The highest BCUT2D eigenvalue weighted by Crippen LogP contribution is 2.27. The third kappa shape index (κ3) is 4.63. The van der Waals surface area contributed by atoms with E-state index >= 15 is 0 Å². The van der Waals surface area contributed by atoms with E-state index in [1.807, 2.05) is 0 Å². The second kappa shape index (κ2) is 7.52. The standard InChI is InChI=1S/C14H17ClN2O2S2/c15-13-9-11(3-1-7-16)5-6-14(13)21(18,19)17-10-12-4-2-8-20-12/h5-6,9,12,17H,2,4,7-8,10,16H2. The molecule has 0 spiro atoms. The summed E-state index contributed by atoms with van der Waals surface area (Å²) in [5.41, 5.74) is 5.95. The van der Waals surface area contributed by atoms with Crippen molar-refractivity contribution in [1.82, 2.24) is 4.72 Å². The van der Waals surface area contributed by atoms with Crippen LogP contribution in [0.4, 0.5) is 0 Å². The van der Waals surface area contributed by atoms with E-state index in [1.54, 1.807) is 23.9 Å². The van der Waals surface area contributed by atoms with E-state index in [4.69, 9.17) is 17.3 Å². The number of nitrogens with two attached hydrogens (primary N) is 1. The molecule has 1 aliphatic heterocycles. The normalized spacial score (nSPS) is 18.3. The van der Waals surface area contributed by atoms with Crippen LogP contribution in [-0.2, 0) is 10.0 Å². The molecular weight excluding hydrogens is 328 g/mol. The molecule has 0 radical (unpaired) electrons. The third-order valence-electron chi connectivity index (χ3n) is 3.08. The summed E-state index contributed by atoms with van der Waals surface area (Å²) in [6, 6.07) is 4.66. The van der Waals surface area contributed by atoms with Gasteiger partial charge in [-0.05, 0) is 36.8 Å². The minimum atomic E-state index is -3.58. The van der Waals surface area contributed by atoms with E-state index < -0.39 is 10.0 Å². The summed E-state index contributed by atoms with van der Waals surface area (Å²) in [7, 11) is -3.58. The molecular formula is C14H17ClN2O2S2.